The Bertz CT molecular complexity index is 655. The van der Waals surface area contributed by atoms with E-state index in [0.29, 0.717) is 6.42 Å². The predicted octanol–water partition coefficient (Wildman–Crippen LogP) is 3.80. The van der Waals surface area contributed by atoms with Gasteiger partial charge in [0.1, 0.15) is 11.4 Å². The molecule has 0 amide bonds. The second-order valence-electron chi connectivity index (χ2n) is 5.81. The maximum Gasteiger partial charge on any atom is 0.127 e. The SMILES string of the molecule is O[C@@H]1CC2(Cc3ccccc3C2)Oc2cc(Br)ccc21. The van der Waals surface area contributed by atoms with Gasteiger partial charge in [-0.1, -0.05) is 46.3 Å². The molecule has 0 radical (unpaired) electrons. The zero-order valence-corrected chi connectivity index (χ0v) is 12.6. The van der Waals surface area contributed by atoms with Gasteiger partial charge in [-0.25, -0.2) is 0 Å². The third-order valence-electron chi connectivity index (χ3n) is 4.37. The summed E-state index contributed by atoms with van der Waals surface area (Å²) in [4.78, 5) is 0. The van der Waals surface area contributed by atoms with Crippen LogP contribution in [0.25, 0.3) is 0 Å². The molecule has 1 atom stereocenters. The number of rotatable bonds is 0. The summed E-state index contributed by atoms with van der Waals surface area (Å²) in [6, 6.07) is 14.3. The van der Waals surface area contributed by atoms with E-state index in [2.05, 4.69) is 40.2 Å². The Hall–Kier alpha value is -1.32. The van der Waals surface area contributed by atoms with E-state index in [1.54, 1.807) is 0 Å². The number of ether oxygens (including phenoxy) is 1. The second kappa shape index (κ2) is 4.34. The summed E-state index contributed by atoms with van der Waals surface area (Å²) in [6.07, 6.45) is 1.98. The van der Waals surface area contributed by atoms with Gasteiger partial charge >= 0.3 is 0 Å². The molecule has 1 heterocycles. The minimum absolute atomic E-state index is 0.281. The first-order valence-electron chi connectivity index (χ1n) is 6.89. The van der Waals surface area contributed by atoms with Gasteiger partial charge in [-0.3, -0.25) is 0 Å². The first-order chi connectivity index (χ1) is 9.65. The molecule has 2 nitrogen and oxygen atoms in total. The fourth-order valence-electron chi connectivity index (χ4n) is 3.48. The van der Waals surface area contributed by atoms with Crippen molar-refractivity contribution in [2.75, 3.05) is 0 Å². The van der Waals surface area contributed by atoms with Crippen LogP contribution in [0.5, 0.6) is 5.75 Å². The second-order valence-corrected chi connectivity index (χ2v) is 6.73. The molecule has 0 aromatic heterocycles. The summed E-state index contributed by atoms with van der Waals surface area (Å²) in [5.74, 6) is 0.811. The monoisotopic (exact) mass is 330 g/mol. The highest BCUT2D eigenvalue weighted by Gasteiger charge is 2.44. The van der Waals surface area contributed by atoms with E-state index < -0.39 is 6.10 Å². The first kappa shape index (κ1) is 12.4. The Labute approximate surface area is 126 Å². The van der Waals surface area contributed by atoms with E-state index in [1.807, 2.05) is 18.2 Å². The quantitative estimate of drug-likeness (QED) is 0.796. The predicted molar refractivity (Wildman–Crippen MR) is 80.9 cm³/mol. The van der Waals surface area contributed by atoms with Crippen molar-refractivity contribution in [1.29, 1.82) is 0 Å². The molecule has 0 saturated carbocycles. The molecule has 1 aliphatic heterocycles. The van der Waals surface area contributed by atoms with Crippen molar-refractivity contribution >= 4 is 15.9 Å². The van der Waals surface area contributed by atoms with Crippen LogP contribution in [-0.2, 0) is 12.8 Å². The Morgan fingerprint density at radius 1 is 1.10 bits per heavy atom. The van der Waals surface area contributed by atoms with E-state index in [0.717, 1.165) is 28.6 Å². The molecular weight excluding hydrogens is 316 g/mol. The van der Waals surface area contributed by atoms with Crippen LogP contribution in [0, 0.1) is 0 Å². The van der Waals surface area contributed by atoms with E-state index >= 15 is 0 Å². The summed E-state index contributed by atoms with van der Waals surface area (Å²) >= 11 is 3.47. The number of hydrogen-bond acceptors (Lipinski definition) is 2. The van der Waals surface area contributed by atoms with Gasteiger partial charge < -0.3 is 9.84 Å². The van der Waals surface area contributed by atoms with Gasteiger partial charge in [0.15, 0.2) is 0 Å². The summed E-state index contributed by atoms with van der Waals surface area (Å²) in [5.41, 5.74) is 3.31. The summed E-state index contributed by atoms with van der Waals surface area (Å²) in [6.45, 7) is 0. The van der Waals surface area contributed by atoms with Crippen LogP contribution < -0.4 is 4.74 Å². The fourth-order valence-corrected chi connectivity index (χ4v) is 3.82. The molecule has 102 valence electrons. The van der Waals surface area contributed by atoms with Gasteiger partial charge in [0.2, 0.25) is 0 Å². The van der Waals surface area contributed by atoms with Crippen molar-refractivity contribution < 1.29 is 9.84 Å². The molecule has 4 rings (SSSR count). The molecule has 2 aromatic rings. The number of halogens is 1. The van der Waals surface area contributed by atoms with Crippen LogP contribution in [0.2, 0.25) is 0 Å². The number of aliphatic hydroxyl groups excluding tert-OH is 1. The molecule has 20 heavy (non-hydrogen) atoms. The highest BCUT2D eigenvalue weighted by molar-refractivity contribution is 9.10. The van der Waals surface area contributed by atoms with Crippen LogP contribution in [-0.4, -0.2) is 10.7 Å². The minimum Gasteiger partial charge on any atom is -0.486 e. The molecule has 1 spiro atoms. The van der Waals surface area contributed by atoms with Crippen LogP contribution in [0.15, 0.2) is 46.9 Å². The maximum atomic E-state index is 10.5. The normalized spacial score (nSPS) is 22.2. The largest absolute Gasteiger partial charge is 0.486 e. The molecule has 2 aliphatic rings. The zero-order valence-electron chi connectivity index (χ0n) is 11.0. The van der Waals surface area contributed by atoms with E-state index in [9.17, 15) is 5.11 Å². The smallest absolute Gasteiger partial charge is 0.127 e. The van der Waals surface area contributed by atoms with Crippen molar-refractivity contribution in [3.63, 3.8) is 0 Å². The molecular formula is C17H15BrO2. The number of benzene rings is 2. The molecule has 1 aliphatic carbocycles. The number of hydrogen-bond donors (Lipinski definition) is 1. The average molecular weight is 331 g/mol. The lowest BCUT2D eigenvalue weighted by atomic mass is 9.86. The summed E-state index contributed by atoms with van der Waals surface area (Å²) in [7, 11) is 0. The zero-order chi connectivity index (χ0) is 13.7. The van der Waals surface area contributed by atoms with Gasteiger partial charge in [-0.2, -0.15) is 0 Å². The lowest BCUT2D eigenvalue weighted by molar-refractivity contribution is -0.00709. The third-order valence-corrected chi connectivity index (χ3v) is 4.86. The van der Waals surface area contributed by atoms with Crippen molar-refractivity contribution in [3.8, 4) is 5.75 Å². The minimum atomic E-state index is -0.443. The molecule has 0 saturated heterocycles. The lowest BCUT2D eigenvalue weighted by Gasteiger charge is -2.38. The molecule has 0 unspecified atom stereocenters. The highest BCUT2D eigenvalue weighted by atomic mass is 79.9. The Balaban J connectivity index is 1.74. The van der Waals surface area contributed by atoms with Crippen molar-refractivity contribution in [3.05, 3.63) is 63.6 Å². The van der Waals surface area contributed by atoms with Crippen LogP contribution in [0.1, 0.15) is 29.2 Å². The molecule has 2 aromatic carbocycles. The van der Waals surface area contributed by atoms with Crippen molar-refractivity contribution in [1.82, 2.24) is 0 Å². The maximum absolute atomic E-state index is 10.5. The van der Waals surface area contributed by atoms with Crippen LogP contribution in [0.4, 0.5) is 0 Å². The summed E-state index contributed by atoms with van der Waals surface area (Å²) in [5, 5.41) is 10.5. The van der Waals surface area contributed by atoms with Crippen molar-refractivity contribution in [2.45, 2.75) is 31.0 Å². The molecule has 3 heteroatoms. The Morgan fingerprint density at radius 3 is 2.50 bits per heavy atom. The van der Waals surface area contributed by atoms with Crippen LogP contribution in [0.3, 0.4) is 0 Å². The molecule has 0 fully saturated rings. The molecule has 1 N–H and O–H groups in total. The van der Waals surface area contributed by atoms with Gasteiger partial charge in [-0.05, 0) is 23.3 Å². The number of fused-ring (bicyclic) bond motifs is 2. The first-order valence-corrected chi connectivity index (χ1v) is 7.68. The van der Waals surface area contributed by atoms with E-state index in [1.165, 1.54) is 11.1 Å². The lowest BCUT2D eigenvalue weighted by Crippen LogP contribution is -2.42. The van der Waals surface area contributed by atoms with Crippen LogP contribution >= 0.6 is 15.9 Å². The van der Waals surface area contributed by atoms with Gasteiger partial charge in [0.05, 0.1) is 6.10 Å². The van der Waals surface area contributed by atoms with Gasteiger partial charge in [0.25, 0.3) is 0 Å². The summed E-state index contributed by atoms with van der Waals surface area (Å²) < 4.78 is 7.31. The third kappa shape index (κ3) is 1.88. The Kier molecular flexibility index (Phi) is 2.69. The average Bonchev–Trinajstić information content (AvgIpc) is 2.74. The number of aliphatic hydroxyl groups is 1. The molecule has 0 bridgehead atoms. The fraction of sp³-hybridized carbons (Fsp3) is 0.294. The van der Waals surface area contributed by atoms with E-state index in [4.69, 9.17) is 4.74 Å². The standard InChI is InChI=1S/C17H15BrO2/c18-13-5-6-14-15(19)10-17(20-16(14)7-13)8-11-3-1-2-4-12(11)9-17/h1-7,15,19H,8-10H2/t15-/m1/s1. The van der Waals surface area contributed by atoms with Gasteiger partial charge in [0, 0.05) is 29.3 Å². The highest BCUT2D eigenvalue weighted by Crippen LogP contribution is 2.46. The van der Waals surface area contributed by atoms with Crippen molar-refractivity contribution in [2.24, 2.45) is 0 Å². The topological polar surface area (TPSA) is 29.5 Å². The van der Waals surface area contributed by atoms with Gasteiger partial charge in [-0.15, -0.1) is 0 Å². The Morgan fingerprint density at radius 2 is 1.80 bits per heavy atom. The van der Waals surface area contributed by atoms with E-state index in [-0.39, 0.29) is 5.60 Å².